The number of esters is 1. The number of benzene rings is 2. The third-order valence-corrected chi connectivity index (χ3v) is 3.95. The number of hydrogen-bond donors (Lipinski definition) is 2. The summed E-state index contributed by atoms with van der Waals surface area (Å²) >= 11 is 0. The molecule has 6 nitrogen and oxygen atoms in total. The second kappa shape index (κ2) is 7.18. The van der Waals surface area contributed by atoms with E-state index in [-0.39, 0.29) is 16.8 Å². The van der Waals surface area contributed by atoms with Gasteiger partial charge in [-0.1, -0.05) is 30.3 Å². The molecular weight excluding hydrogens is 339 g/mol. The summed E-state index contributed by atoms with van der Waals surface area (Å²) in [5.41, 5.74) is 0.588. The highest BCUT2D eigenvalue weighted by Crippen LogP contribution is 2.30. The Morgan fingerprint density at radius 1 is 1.04 bits per heavy atom. The molecule has 0 spiro atoms. The van der Waals surface area contributed by atoms with Gasteiger partial charge in [-0.15, -0.1) is 0 Å². The van der Waals surface area contributed by atoms with E-state index in [9.17, 15) is 18.8 Å². The van der Waals surface area contributed by atoms with Gasteiger partial charge in [-0.25, -0.2) is 14.0 Å². The Morgan fingerprint density at radius 2 is 1.69 bits per heavy atom. The second-order valence-corrected chi connectivity index (χ2v) is 5.56. The molecule has 2 amide bonds. The van der Waals surface area contributed by atoms with E-state index >= 15 is 0 Å². The zero-order chi connectivity index (χ0) is 18.7. The van der Waals surface area contributed by atoms with Crippen LogP contribution in [0, 0.1) is 5.82 Å². The summed E-state index contributed by atoms with van der Waals surface area (Å²) in [6.45, 7) is 0. The van der Waals surface area contributed by atoms with Gasteiger partial charge in [-0.2, -0.15) is 0 Å². The third-order valence-electron chi connectivity index (χ3n) is 3.95. The van der Waals surface area contributed by atoms with E-state index in [1.807, 2.05) is 0 Å². The number of ether oxygens (including phenoxy) is 1. The van der Waals surface area contributed by atoms with Crippen molar-refractivity contribution in [3.63, 3.8) is 0 Å². The first kappa shape index (κ1) is 17.3. The number of Topliss-reactive ketones (excluding diaryl/α,β-unsaturated/α-hetero) is 1. The molecule has 2 aromatic rings. The Labute approximate surface area is 148 Å². The normalized spacial score (nSPS) is 16.5. The average Bonchev–Trinajstić information content (AvgIpc) is 2.67. The number of halogens is 1. The molecule has 132 valence electrons. The van der Waals surface area contributed by atoms with Gasteiger partial charge in [0.1, 0.15) is 11.5 Å². The van der Waals surface area contributed by atoms with Gasteiger partial charge in [0.05, 0.1) is 18.7 Å². The molecular formula is C19H15FN2O4. The summed E-state index contributed by atoms with van der Waals surface area (Å²) in [6.07, 6.45) is 0. The fourth-order valence-electron chi connectivity index (χ4n) is 2.72. The fraction of sp³-hybridized carbons (Fsp3) is 0.105. The van der Waals surface area contributed by atoms with Crippen LogP contribution in [0.4, 0.5) is 9.18 Å². The molecule has 0 aliphatic carbocycles. The Kier molecular flexibility index (Phi) is 4.79. The molecule has 0 saturated carbocycles. The van der Waals surface area contributed by atoms with Gasteiger partial charge in [-0.3, -0.25) is 4.79 Å². The Balaban J connectivity index is 2.16. The lowest BCUT2D eigenvalue weighted by atomic mass is 9.89. The number of urea groups is 1. The molecule has 0 radical (unpaired) electrons. The molecule has 26 heavy (non-hydrogen) atoms. The maximum atomic E-state index is 13.2. The van der Waals surface area contributed by atoms with E-state index in [1.54, 1.807) is 30.3 Å². The molecule has 1 heterocycles. The van der Waals surface area contributed by atoms with Crippen molar-refractivity contribution >= 4 is 17.8 Å². The van der Waals surface area contributed by atoms with Crippen molar-refractivity contribution in [2.75, 3.05) is 7.11 Å². The highest BCUT2D eigenvalue weighted by molar-refractivity contribution is 6.15. The number of rotatable bonds is 4. The van der Waals surface area contributed by atoms with Crippen molar-refractivity contribution in [2.45, 2.75) is 6.04 Å². The summed E-state index contributed by atoms with van der Waals surface area (Å²) in [5.74, 6) is -1.85. The zero-order valence-corrected chi connectivity index (χ0v) is 13.8. The maximum Gasteiger partial charge on any atom is 0.355 e. The van der Waals surface area contributed by atoms with Crippen LogP contribution in [0.1, 0.15) is 22.0 Å². The molecule has 3 rings (SSSR count). The number of carbonyl (C=O) groups is 3. The Morgan fingerprint density at radius 3 is 2.31 bits per heavy atom. The predicted molar refractivity (Wildman–Crippen MR) is 90.6 cm³/mol. The SMILES string of the molecule is COC(=O)C1=C(C(=O)c2ccc(F)cc2)C(c2ccccc2)NC(=O)N1. The van der Waals surface area contributed by atoms with E-state index < -0.39 is 29.6 Å². The number of methoxy groups -OCH3 is 1. The largest absolute Gasteiger partial charge is 0.464 e. The smallest absolute Gasteiger partial charge is 0.355 e. The highest BCUT2D eigenvalue weighted by atomic mass is 19.1. The second-order valence-electron chi connectivity index (χ2n) is 5.56. The van der Waals surface area contributed by atoms with Gasteiger partial charge in [-0.05, 0) is 29.8 Å². The minimum atomic E-state index is -0.850. The van der Waals surface area contributed by atoms with E-state index in [4.69, 9.17) is 4.74 Å². The van der Waals surface area contributed by atoms with Crippen LogP contribution in [0.5, 0.6) is 0 Å². The molecule has 1 atom stereocenters. The van der Waals surface area contributed by atoms with Gasteiger partial charge in [0.25, 0.3) is 0 Å². The number of ketones is 1. The van der Waals surface area contributed by atoms with Crippen LogP contribution >= 0.6 is 0 Å². The van der Waals surface area contributed by atoms with E-state index in [1.165, 1.54) is 12.1 Å². The van der Waals surface area contributed by atoms with Gasteiger partial charge in [0, 0.05) is 5.56 Å². The molecule has 0 saturated heterocycles. The average molecular weight is 354 g/mol. The number of amides is 2. The standard InChI is InChI=1S/C19H15FN2O4/c1-26-18(24)16-14(17(23)12-7-9-13(20)10-8-12)15(21-19(25)22-16)11-5-3-2-4-6-11/h2-10,15H,1H3,(H2,21,22,25). The summed E-state index contributed by atoms with van der Waals surface area (Å²) in [7, 11) is 1.15. The minimum absolute atomic E-state index is 0.0225. The molecule has 0 aromatic heterocycles. The number of nitrogens with one attached hydrogen (secondary N) is 2. The first-order chi connectivity index (χ1) is 12.5. The molecule has 7 heteroatoms. The van der Waals surface area contributed by atoms with Crippen molar-refractivity contribution in [1.29, 1.82) is 0 Å². The lowest BCUT2D eigenvalue weighted by molar-refractivity contribution is -0.136. The van der Waals surface area contributed by atoms with Gasteiger partial charge in [0.2, 0.25) is 0 Å². The molecule has 0 fully saturated rings. The quantitative estimate of drug-likeness (QED) is 0.653. The molecule has 1 aliphatic rings. The lowest BCUT2D eigenvalue weighted by Crippen LogP contribution is -2.47. The minimum Gasteiger partial charge on any atom is -0.464 e. The Bertz CT molecular complexity index is 892. The zero-order valence-electron chi connectivity index (χ0n) is 13.8. The first-order valence-electron chi connectivity index (χ1n) is 7.76. The molecule has 0 bridgehead atoms. The summed E-state index contributed by atoms with van der Waals surface area (Å²) < 4.78 is 17.9. The summed E-state index contributed by atoms with van der Waals surface area (Å²) in [4.78, 5) is 37.2. The summed E-state index contributed by atoms with van der Waals surface area (Å²) in [5, 5.41) is 4.98. The third kappa shape index (κ3) is 3.32. The fourth-order valence-corrected chi connectivity index (χ4v) is 2.72. The van der Waals surface area contributed by atoms with Crippen LogP contribution in [0.25, 0.3) is 0 Å². The maximum absolute atomic E-state index is 13.2. The van der Waals surface area contributed by atoms with Crippen LogP contribution in [0.3, 0.4) is 0 Å². The van der Waals surface area contributed by atoms with E-state index in [2.05, 4.69) is 10.6 Å². The Hall–Kier alpha value is -3.48. The predicted octanol–water partition coefficient (Wildman–Crippen LogP) is 2.49. The van der Waals surface area contributed by atoms with E-state index in [0.29, 0.717) is 5.56 Å². The van der Waals surface area contributed by atoms with Crippen molar-refractivity contribution < 1.29 is 23.5 Å². The molecule has 2 aromatic carbocycles. The lowest BCUT2D eigenvalue weighted by Gasteiger charge is -2.28. The molecule has 2 N–H and O–H groups in total. The van der Waals surface area contributed by atoms with Gasteiger partial charge < -0.3 is 15.4 Å². The van der Waals surface area contributed by atoms with E-state index in [0.717, 1.165) is 19.2 Å². The van der Waals surface area contributed by atoms with Crippen molar-refractivity contribution in [3.8, 4) is 0 Å². The van der Waals surface area contributed by atoms with Crippen LogP contribution in [0.2, 0.25) is 0 Å². The monoisotopic (exact) mass is 354 g/mol. The van der Waals surface area contributed by atoms with Crippen molar-refractivity contribution in [2.24, 2.45) is 0 Å². The van der Waals surface area contributed by atoms with Gasteiger partial charge in [0.15, 0.2) is 5.78 Å². The summed E-state index contributed by atoms with van der Waals surface area (Å²) in [6, 6.07) is 12.2. The van der Waals surface area contributed by atoms with Crippen LogP contribution < -0.4 is 10.6 Å². The molecule has 1 aliphatic heterocycles. The topological polar surface area (TPSA) is 84.5 Å². The van der Waals surface area contributed by atoms with Crippen LogP contribution in [0.15, 0.2) is 65.9 Å². The first-order valence-corrected chi connectivity index (χ1v) is 7.76. The highest BCUT2D eigenvalue weighted by Gasteiger charge is 2.36. The molecule has 1 unspecified atom stereocenters. The number of carbonyl (C=O) groups excluding carboxylic acids is 3. The van der Waals surface area contributed by atoms with Crippen LogP contribution in [-0.2, 0) is 9.53 Å². The van der Waals surface area contributed by atoms with Crippen LogP contribution in [-0.4, -0.2) is 24.9 Å². The van der Waals surface area contributed by atoms with Crippen molar-refractivity contribution in [1.82, 2.24) is 10.6 Å². The van der Waals surface area contributed by atoms with Gasteiger partial charge >= 0.3 is 12.0 Å². The number of hydrogen-bond acceptors (Lipinski definition) is 4. The van der Waals surface area contributed by atoms with Crippen molar-refractivity contribution in [3.05, 3.63) is 82.8 Å².